The first kappa shape index (κ1) is 17.2. The van der Waals surface area contributed by atoms with Gasteiger partial charge in [0.1, 0.15) is 6.10 Å². The van der Waals surface area contributed by atoms with Crippen LogP contribution >= 0.6 is 12.2 Å². The molecule has 3 atom stereocenters. The first-order valence-corrected chi connectivity index (χ1v) is 8.62. The van der Waals surface area contributed by atoms with Gasteiger partial charge in [-0.05, 0) is 30.4 Å². The Morgan fingerprint density at radius 2 is 2.04 bits per heavy atom. The van der Waals surface area contributed by atoms with Crippen LogP contribution in [0, 0.1) is 4.77 Å². The summed E-state index contributed by atoms with van der Waals surface area (Å²) in [6, 6.07) is 5.28. The minimum Gasteiger partial charge on any atom is -0.493 e. The molecule has 26 heavy (non-hydrogen) atoms. The first-order valence-electron chi connectivity index (χ1n) is 8.21. The van der Waals surface area contributed by atoms with Crippen molar-refractivity contribution < 1.29 is 23.7 Å². The average Bonchev–Trinajstić information content (AvgIpc) is 3.21. The Balaban J connectivity index is 1.75. The zero-order valence-electron chi connectivity index (χ0n) is 14.7. The number of ether oxygens (including phenoxy) is 4. The predicted octanol–water partition coefficient (Wildman–Crippen LogP) is 1.89. The molecule has 2 saturated heterocycles. The number of ketones is 1. The zero-order chi connectivity index (χ0) is 18.4. The van der Waals surface area contributed by atoms with E-state index in [1.54, 1.807) is 18.9 Å². The maximum atomic E-state index is 12.1. The second-order valence-corrected chi connectivity index (χ2v) is 6.62. The van der Waals surface area contributed by atoms with Gasteiger partial charge in [0.2, 0.25) is 6.29 Å². The van der Waals surface area contributed by atoms with Crippen molar-refractivity contribution in [3.63, 3.8) is 0 Å². The molecule has 0 saturated carbocycles. The normalized spacial score (nSPS) is 24.7. The highest BCUT2D eigenvalue weighted by atomic mass is 32.1. The summed E-state index contributed by atoms with van der Waals surface area (Å²) in [5, 5.41) is 4.68. The number of carbonyl (C=O) groups is 1. The van der Waals surface area contributed by atoms with Crippen molar-refractivity contribution in [1.82, 2.24) is 14.3 Å². The fourth-order valence-corrected chi connectivity index (χ4v) is 3.63. The Morgan fingerprint density at radius 3 is 2.77 bits per heavy atom. The van der Waals surface area contributed by atoms with Crippen molar-refractivity contribution in [2.45, 2.75) is 24.9 Å². The van der Waals surface area contributed by atoms with E-state index in [0.29, 0.717) is 35.1 Å². The van der Waals surface area contributed by atoms with Crippen LogP contribution in [0.1, 0.15) is 12.5 Å². The van der Waals surface area contributed by atoms with E-state index in [9.17, 15) is 4.79 Å². The van der Waals surface area contributed by atoms with Crippen molar-refractivity contribution in [2.24, 2.45) is 7.05 Å². The van der Waals surface area contributed by atoms with Gasteiger partial charge in [-0.2, -0.15) is 5.10 Å². The quantitative estimate of drug-likeness (QED) is 0.753. The van der Waals surface area contributed by atoms with Gasteiger partial charge < -0.3 is 23.5 Å². The van der Waals surface area contributed by atoms with Gasteiger partial charge in [0.05, 0.1) is 26.9 Å². The standard InChI is InChI=1S/C17H19N3O5S/c1-19-15(9-4-5-12(22-2)13(6-9)23-3)18-20(17(19)26)10-7-11(21)16-24-8-14(10)25-16/h4-6,10,14,16H,7-8H2,1-3H3/t10-,14-,16-/m1/s1. The van der Waals surface area contributed by atoms with Gasteiger partial charge in [0, 0.05) is 19.0 Å². The molecule has 0 aliphatic carbocycles. The van der Waals surface area contributed by atoms with Gasteiger partial charge in [0.25, 0.3) is 0 Å². The maximum absolute atomic E-state index is 12.1. The Labute approximate surface area is 155 Å². The van der Waals surface area contributed by atoms with E-state index in [0.717, 1.165) is 5.56 Å². The molecule has 3 heterocycles. The van der Waals surface area contributed by atoms with Gasteiger partial charge in [-0.25, -0.2) is 4.68 Å². The van der Waals surface area contributed by atoms with Crippen LogP contribution in [0.2, 0.25) is 0 Å². The number of methoxy groups -OCH3 is 2. The molecule has 1 aromatic carbocycles. The van der Waals surface area contributed by atoms with Crippen molar-refractivity contribution in [1.29, 1.82) is 0 Å². The molecular formula is C17H19N3O5S. The molecule has 0 spiro atoms. The number of hydrogen-bond donors (Lipinski definition) is 0. The number of carbonyl (C=O) groups excluding carboxylic acids is 1. The summed E-state index contributed by atoms with van der Waals surface area (Å²) in [4.78, 5) is 12.1. The SMILES string of the molecule is COc1ccc(-c2nn([C@@H]3CC(=O)[C@@H]4OC[C@H]3O4)c(=S)n2C)cc1OC. The number of nitrogens with zero attached hydrogens (tertiary/aromatic N) is 3. The monoisotopic (exact) mass is 377 g/mol. The van der Waals surface area contributed by atoms with Crippen molar-refractivity contribution in [2.75, 3.05) is 20.8 Å². The molecule has 9 heteroatoms. The summed E-state index contributed by atoms with van der Waals surface area (Å²) in [5.74, 6) is 1.83. The van der Waals surface area contributed by atoms with Crippen LogP contribution in [0.4, 0.5) is 0 Å². The van der Waals surface area contributed by atoms with E-state index in [2.05, 4.69) is 5.10 Å². The van der Waals surface area contributed by atoms with Gasteiger partial charge >= 0.3 is 0 Å². The van der Waals surface area contributed by atoms with Gasteiger partial charge in [-0.3, -0.25) is 4.79 Å². The Hall–Kier alpha value is -2.23. The lowest BCUT2D eigenvalue weighted by atomic mass is 10.0. The molecule has 138 valence electrons. The van der Waals surface area contributed by atoms with Crippen LogP contribution in [0.5, 0.6) is 11.5 Å². The van der Waals surface area contributed by atoms with Crippen molar-refractivity contribution in [3.05, 3.63) is 23.0 Å². The molecular weight excluding hydrogens is 358 g/mol. The third kappa shape index (κ3) is 2.63. The number of aromatic nitrogens is 3. The second kappa shape index (κ2) is 6.49. The number of hydrogen-bond acceptors (Lipinski definition) is 7. The predicted molar refractivity (Wildman–Crippen MR) is 93.8 cm³/mol. The second-order valence-electron chi connectivity index (χ2n) is 6.26. The van der Waals surface area contributed by atoms with E-state index in [4.69, 9.17) is 31.2 Å². The van der Waals surface area contributed by atoms with Gasteiger partial charge in [0.15, 0.2) is 27.9 Å². The summed E-state index contributed by atoms with van der Waals surface area (Å²) in [6.45, 7) is 0.366. The van der Waals surface area contributed by atoms with E-state index >= 15 is 0 Å². The number of benzene rings is 1. The third-order valence-corrected chi connectivity index (χ3v) is 5.23. The largest absolute Gasteiger partial charge is 0.493 e. The fourth-order valence-electron chi connectivity index (χ4n) is 3.37. The number of Topliss-reactive ketones (excluding diaryl/α,β-unsaturated/α-hetero) is 1. The molecule has 0 unspecified atom stereocenters. The first-order chi connectivity index (χ1) is 12.5. The zero-order valence-corrected chi connectivity index (χ0v) is 15.5. The van der Waals surface area contributed by atoms with Gasteiger partial charge in [-0.1, -0.05) is 0 Å². The summed E-state index contributed by atoms with van der Waals surface area (Å²) < 4.78 is 25.7. The van der Waals surface area contributed by atoms with E-state index in [1.165, 1.54) is 0 Å². The summed E-state index contributed by atoms with van der Waals surface area (Å²) >= 11 is 5.56. The molecule has 0 amide bonds. The molecule has 2 fully saturated rings. The summed E-state index contributed by atoms with van der Waals surface area (Å²) in [5.41, 5.74) is 0.832. The minimum absolute atomic E-state index is 0.0797. The Morgan fingerprint density at radius 1 is 1.27 bits per heavy atom. The highest BCUT2D eigenvalue weighted by molar-refractivity contribution is 7.71. The molecule has 0 N–H and O–H groups in total. The highest BCUT2D eigenvalue weighted by Crippen LogP contribution is 2.35. The Bertz CT molecular complexity index is 922. The smallest absolute Gasteiger partial charge is 0.218 e. The molecule has 2 bridgehead atoms. The molecule has 1 aromatic heterocycles. The molecule has 0 radical (unpaired) electrons. The highest BCUT2D eigenvalue weighted by Gasteiger charge is 2.45. The maximum Gasteiger partial charge on any atom is 0.218 e. The van der Waals surface area contributed by atoms with E-state index in [-0.39, 0.29) is 17.9 Å². The summed E-state index contributed by atoms with van der Waals surface area (Å²) in [6.07, 6.45) is -0.663. The molecule has 2 aromatic rings. The van der Waals surface area contributed by atoms with Crippen molar-refractivity contribution >= 4 is 18.0 Å². The molecule has 4 rings (SSSR count). The lowest BCUT2D eigenvalue weighted by Gasteiger charge is -2.26. The number of rotatable bonds is 4. The van der Waals surface area contributed by atoms with Crippen LogP contribution < -0.4 is 9.47 Å². The van der Waals surface area contributed by atoms with Crippen LogP contribution in [-0.2, 0) is 21.3 Å². The fraction of sp³-hybridized carbons (Fsp3) is 0.471. The topological polar surface area (TPSA) is 76.7 Å². The minimum atomic E-state index is -0.737. The lowest BCUT2D eigenvalue weighted by molar-refractivity contribution is -0.156. The van der Waals surface area contributed by atoms with E-state index < -0.39 is 6.29 Å². The van der Waals surface area contributed by atoms with Gasteiger partial charge in [-0.15, -0.1) is 0 Å². The molecule has 8 nitrogen and oxygen atoms in total. The molecule has 2 aliphatic rings. The third-order valence-electron chi connectivity index (χ3n) is 4.77. The number of fused-ring (bicyclic) bond motifs is 2. The van der Waals surface area contributed by atoms with E-state index in [1.807, 2.05) is 29.8 Å². The Kier molecular flexibility index (Phi) is 4.29. The van der Waals surface area contributed by atoms with Crippen LogP contribution in [0.25, 0.3) is 11.4 Å². The van der Waals surface area contributed by atoms with Crippen LogP contribution in [-0.4, -0.2) is 53.4 Å². The van der Waals surface area contributed by atoms with Crippen LogP contribution in [0.15, 0.2) is 18.2 Å². The summed E-state index contributed by atoms with van der Waals surface area (Å²) in [7, 11) is 5.02. The lowest BCUT2D eigenvalue weighted by Crippen LogP contribution is -2.37. The average molecular weight is 377 g/mol. The van der Waals surface area contributed by atoms with Crippen LogP contribution in [0.3, 0.4) is 0 Å². The van der Waals surface area contributed by atoms with Crippen molar-refractivity contribution in [3.8, 4) is 22.9 Å². The molecule has 2 aliphatic heterocycles.